The van der Waals surface area contributed by atoms with Gasteiger partial charge in [-0.25, -0.2) is 13.9 Å². The summed E-state index contributed by atoms with van der Waals surface area (Å²) in [4.78, 5) is 21.4. The number of anilines is 1. The molecule has 0 spiro atoms. The molecule has 4 heterocycles. The molecule has 5 rings (SSSR count). The molecule has 1 aromatic carbocycles. The zero-order chi connectivity index (χ0) is 26.0. The monoisotopic (exact) mass is 515 g/mol. The highest BCUT2D eigenvalue weighted by Crippen LogP contribution is 2.31. The first-order chi connectivity index (χ1) is 17.9. The Kier molecular flexibility index (Phi) is 6.52. The number of rotatable bonds is 8. The number of benzene rings is 1. The van der Waals surface area contributed by atoms with Gasteiger partial charge in [-0.05, 0) is 49.4 Å². The van der Waals surface area contributed by atoms with Crippen molar-refractivity contribution in [2.75, 3.05) is 11.9 Å². The zero-order valence-corrected chi connectivity index (χ0v) is 20.5. The lowest BCUT2D eigenvalue weighted by Crippen LogP contribution is -2.50. The SMILES string of the molecule is C[C@@](O)(CNc1nc2ccccc2s1)[C@H](F)[C@H](NC(=O)c1cccnc1)c1ccc2cc(C#N)cnn12. The topological polar surface area (TPSA) is 128 Å². The molecule has 0 aliphatic heterocycles. The highest BCUT2D eigenvalue weighted by atomic mass is 32.1. The molecule has 11 heteroatoms. The van der Waals surface area contributed by atoms with Gasteiger partial charge >= 0.3 is 0 Å². The smallest absolute Gasteiger partial charge is 0.253 e. The second-order valence-electron chi connectivity index (χ2n) is 8.74. The number of carbonyl (C=O) groups is 1. The number of halogens is 1. The van der Waals surface area contributed by atoms with Gasteiger partial charge < -0.3 is 15.7 Å². The normalized spacial score (nSPS) is 14.5. The number of nitrogens with one attached hydrogen (secondary N) is 2. The fourth-order valence-corrected chi connectivity index (χ4v) is 4.86. The number of para-hydroxylation sites is 1. The summed E-state index contributed by atoms with van der Waals surface area (Å²) in [5.41, 5.74) is 0.334. The lowest BCUT2D eigenvalue weighted by atomic mass is 9.92. The molecule has 186 valence electrons. The van der Waals surface area contributed by atoms with Gasteiger partial charge in [-0.1, -0.05) is 23.5 Å². The van der Waals surface area contributed by atoms with Crippen LogP contribution in [0.1, 0.15) is 34.6 Å². The minimum absolute atomic E-state index is 0.164. The number of aliphatic hydroxyl groups is 1. The second kappa shape index (κ2) is 9.93. The molecule has 0 aliphatic carbocycles. The molecule has 0 radical (unpaired) electrons. The molecule has 3 N–H and O–H groups in total. The lowest BCUT2D eigenvalue weighted by molar-refractivity contribution is -0.0253. The van der Waals surface area contributed by atoms with Crippen LogP contribution >= 0.6 is 11.3 Å². The fourth-order valence-electron chi connectivity index (χ4n) is 3.99. The number of thiazole rings is 1. The van der Waals surface area contributed by atoms with Crippen molar-refractivity contribution in [2.24, 2.45) is 0 Å². The van der Waals surface area contributed by atoms with Gasteiger partial charge in [0.15, 0.2) is 11.3 Å². The van der Waals surface area contributed by atoms with Crippen LogP contribution in [0.5, 0.6) is 0 Å². The molecular weight excluding hydrogens is 493 g/mol. The van der Waals surface area contributed by atoms with Crippen molar-refractivity contribution >= 4 is 38.1 Å². The Morgan fingerprint density at radius 2 is 2.08 bits per heavy atom. The lowest BCUT2D eigenvalue weighted by Gasteiger charge is -2.33. The first kappa shape index (κ1) is 24.3. The van der Waals surface area contributed by atoms with Gasteiger partial charge in [0.05, 0.1) is 38.8 Å². The van der Waals surface area contributed by atoms with E-state index in [-0.39, 0.29) is 12.1 Å². The van der Waals surface area contributed by atoms with E-state index in [4.69, 9.17) is 0 Å². The van der Waals surface area contributed by atoms with Gasteiger partial charge in [0.25, 0.3) is 5.91 Å². The van der Waals surface area contributed by atoms with Crippen LogP contribution < -0.4 is 10.6 Å². The maximum Gasteiger partial charge on any atom is 0.253 e. The summed E-state index contributed by atoms with van der Waals surface area (Å²) in [5.74, 6) is -0.556. The van der Waals surface area contributed by atoms with Crippen LogP contribution in [-0.2, 0) is 0 Å². The van der Waals surface area contributed by atoms with Crippen molar-refractivity contribution in [3.63, 3.8) is 0 Å². The molecule has 0 bridgehead atoms. The molecule has 0 unspecified atom stereocenters. The van der Waals surface area contributed by atoms with Crippen molar-refractivity contribution < 1.29 is 14.3 Å². The molecule has 4 aromatic heterocycles. The summed E-state index contributed by atoms with van der Waals surface area (Å²) in [6, 6.07) is 16.4. The summed E-state index contributed by atoms with van der Waals surface area (Å²) >= 11 is 1.40. The van der Waals surface area contributed by atoms with Gasteiger partial charge in [-0.3, -0.25) is 9.78 Å². The number of carbonyl (C=O) groups excluding carboxylic acids is 1. The zero-order valence-electron chi connectivity index (χ0n) is 19.7. The van der Waals surface area contributed by atoms with Crippen molar-refractivity contribution in [1.29, 1.82) is 5.26 Å². The molecule has 37 heavy (non-hydrogen) atoms. The molecule has 0 saturated heterocycles. The van der Waals surface area contributed by atoms with E-state index in [0.717, 1.165) is 10.2 Å². The summed E-state index contributed by atoms with van der Waals surface area (Å²) < 4.78 is 18.6. The number of hydrogen-bond acceptors (Lipinski definition) is 8. The average Bonchev–Trinajstić information content (AvgIpc) is 3.54. The van der Waals surface area contributed by atoms with Crippen LogP contribution in [0.4, 0.5) is 9.52 Å². The third-order valence-corrected chi connectivity index (χ3v) is 6.96. The van der Waals surface area contributed by atoms with E-state index in [2.05, 4.69) is 25.7 Å². The largest absolute Gasteiger partial charge is 0.385 e. The Labute approximate surface area is 215 Å². The highest BCUT2D eigenvalue weighted by Gasteiger charge is 2.41. The van der Waals surface area contributed by atoms with E-state index in [0.29, 0.717) is 21.9 Å². The van der Waals surface area contributed by atoms with Crippen LogP contribution in [0.3, 0.4) is 0 Å². The number of hydrogen-bond donors (Lipinski definition) is 3. The van der Waals surface area contributed by atoms with Crippen molar-refractivity contribution in [3.8, 4) is 6.07 Å². The van der Waals surface area contributed by atoms with E-state index in [1.807, 2.05) is 30.3 Å². The Morgan fingerprint density at radius 3 is 2.84 bits per heavy atom. The average molecular weight is 516 g/mol. The van der Waals surface area contributed by atoms with E-state index < -0.39 is 23.7 Å². The van der Waals surface area contributed by atoms with Crippen molar-refractivity contribution in [2.45, 2.75) is 24.7 Å². The first-order valence-electron chi connectivity index (χ1n) is 11.4. The number of pyridine rings is 1. The first-order valence-corrected chi connectivity index (χ1v) is 12.2. The van der Waals surface area contributed by atoms with Gasteiger partial charge in [0.2, 0.25) is 0 Å². The Balaban J connectivity index is 1.45. The summed E-state index contributed by atoms with van der Waals surface area (Å²) in [6.07, 6.45) is 2.31. The molecule has 9 nitrogen and oxygen atoms in total. The van der Waals surface area contributed by atoms with E-state index in [1.54, 1.807) is 30.3 Å². The number of alkyl halides is 1. The molecule has 3 atom stereocenters. The van der Waals surface area contributed by atoms with Crippen LogP contribution in [0.2, 0.25) is 0 Å². The van der Waals surface area contributed by atoms with Crippen molar-refractivity contribution in [1.82, 2.24) is 24.9 Å². The van der Waals surface area contributed by atoms with Crippen LogP contribution in [0.15, 0.2) is 73.2 Å². The number of amides is 1. The van der Waals surface area contributed by atoms with Crippen LogP contribution in [0.25, 0.3) is 15.7 Å². The summed E-state index contributed by atoms with van der Waals surface area (Å²) in [7, 11) is 0. The molecule has 0 fully saturated rings. The van der Waals surface area contributed by atoms with Crippen molar-refractivity contribution in [3.05, 3.63) is 90.0 Å². The van der Waals surface area contributed by atoms with Gasteiger partial charge in [0, 0.05) is 18.9 Å². The van der Waals surface area contributed by atoms with E-state index in [9.17, 15) is 15.2 Å². The molecule has 0 saturated carbocycles. The van der Waals surface area contributed by atoms with Gasteiger partial charge in [-0.2, -0.15) is 10.4 Å². The third-order valence-electron chi connectivity index (χ3n) is 5.97. The summed E-state index contributed by atoms with van der Waals surface area (Å²) in [6.45, 7) is 1.20. The van der Waals surface area contributed by atoms with E-state index in [1.165, 1.54) is 41.4 Å². The number of nitrogens with zero attached hydrogens (tertiary/aromatic N) is 5. The standard InChI is InChI=1S/C26H22FN7O2S/c1-26(36,15-30-25-32-19-6-2-3-7-21(19)37-25)23(27)22(33-24(35)17-5-4-10-29-14-17)20-9-8-18-11-16(12-28)13-31-34(18)20/h2-11,13-14,22-23,36H,15H2,1H3,(H,30,32)(H,33,35)/t22-,23-,26-/m1/s1. The third kappa shape index (κ3) is 4.97. The maximum atomic E-state index is 16.2. The van der Waals surface area contributed by atoms with Gasteiger partial charge in [-0.15, -0.1) is 0 Å². The Hall–Kier alpha value is -4.40. The summed E-state index contributed by atoms with van der Waals surface area (Å²) in [5, 5.41) is 30.9. The number of aromatic nitrogens is 4. The Morgan fingerprint density at radius 1 is 1.24 bits per heavy atom. The molecule has 0 aliphatic rings. The number of fused-ring (bicyclic) bond motifs is 2. The van der Waals surface area contributed by atoms with Crippen LogP contribution in [-0.4, -0.2) is 48.9 Å². The molecule has 1 amide bonds. The Bertz CT molecular complexity index is 1580. The number of nitriles is 1. The minimum Gasteiger partial charge on any atom is -0.385 e. The maximum absolute atomic E-state index is 16.2. The quantitative estimate of drug-likeness (QED) is 0.286. The van der Waals surface area contributed by atoms with E-state index >= 15 is 4.39 Å². The molecular formula is C26H22FN7O2S. The predicted molar refractivity (Wildman–Crippen MR) is 138 cm³/mol. The van der Waals surface area contributed by atoms with Crippen LogP contribution in [0, 0.1) is 11.3 Å². The highest BCUT2D eigenvalue weighted by molar-refractivity contribution is 7.22. The predicted octanol–water partition coefficient (Wildman–Crippen LogP) is 3.88. The van der Waals surface area contributed by atoms with Gasteiger partial charge in [0.1, 0.15) is 17.7 Å². The second-order valence-corrected chi connectivity index (χ2v) is 9.77. The minimum atomic E-state index is -1.95. The fraction of sp³-hybridized carbons (Fsp3) is 0.192. The molecule has 5 aromatic rings.